The van der Waals surface area contributed by atoms with Gasteiger partial charge < -0.3 is 19.7 Å². The normalized spacial score (nSPS) is 20.5. The fourth-order valence-corrected chi connectivity index (χ4v) is 5.68. The molecule has 2 aromatic rings. The molecule has 1 N–H and O–H groups in total. The van der Waals surface area contributed by atoms with E-state index in [1.54, 1.807) is 17.0 Å². The molecule has 0 saturated carbocycles. The molecular formula is C24H25N3O7S. The van der Waals surface area contributed by atoms with Crippen LogP contribution in [0.25, 0.3) is 0 Å². The summed E-state index contributed by atoms with van der Waals surface area (Å²) in [6.07, 6.45) is 0.762. The number of non-ortho nitro benzene ring substituents is 1. The average molecular weight is 500 g/mol. The lowest BCUT2D eigenvalue weighted by Gasteiger charge is -2.32. The van der Waals surface area contributed by atoms with Gasteiger partial charge in [-0.1, -0.05) is 30.3 Å². The fourth-order valence-electron chi connectivity index (χ4n) is 3.98. The number of esters is 1. The molecule has 2 aliphatic heterocycles. The van der Waals surface area contributed by atoms with Crippen LogP contribution in [0, 0.1) is 10.1 Å². The molecule has 0 aromatic heterocycles. The SMILES string of the molecule is O=C(NCCCC1(C(=O)OCc2ccc([N+](=O)[O-])cc2)CN2C(=O)C[C@H]2S1)OCc1ccccc1. The van der Waals surface area contributed by atoms with Crippen molar-refractivity contribution in [3.05, 3.63) is 75.8 Å². The van der Waals surface area contributed by atoms with Gasteiger partial charge >= 0.3 is 12.1 Å². The van der Waals surface area contributed by atoms with Crippen LogP contribution < -0.4 is 5.32 Å². The van der Waals surface area contributed by atoms with E-state index in [1.807, 2.05) is 30.3 Å². The minimum atomic E-state index is -0.923. The van der Waals surface area contributed by atoms with E-state index in [4.69, 9.17) is 9.47 Å². The number of hydrogen-bond donors (Lipinski definition) is 1. The Balaban J connectivity index is 1.28. The molecule has 4 rings (SSSR count). The second kappa shape index (κ2) is 10.8. The predicted octanol–water partition coefficient (Wildman–Crippen LogP) is 3.39. The van der Waals surface area contributed by atoms with Crippen LogP contribution in [0.4, 0.5) is 10.5 Å². The Morgan fingerprint density at radius 2 is 1.77 bits per heavy atom. The lowest BCUT2D eigenvalue weighted by molar-refractivity contribution is -0.384. The molecule has 2 aromatic carbocycles. The number of amides is 2. The molecule has 2 fully saturated rings. The molecule has 2 heterocycles. The monoisotopic (exact) mass is 499 g/mol. The summed E-state index contributed by atoms with van der Waals surface area (Å²) in [5.74, 6) is -0.426. The number of fused-ring (bicyclic) bond motifs is 1. The minimum Gasteiger partial charge on any atom is -0.460 e. The van der Waals surface area contributed by atoms with Crippen LogP contribution in [0.1, 0.15) is 30.4 Å². The van der Waals surface area contributed by atoms with Crippen molar-refractivity contribution in [2.75, 3.05) is 13.1 Å². The van der Waals surface area contributed by atoms with Gasteiger partial charge in [0.25, 0.3) is 5.69 Å². The van der Waals surface area contributed by atoms with Crippen molar-refractivity contribution < 1.29 is 28.8 Å². The number of carbonyl (C=O) groups excluding carboxylic acids is 3. The molecule has 2 amide bonds. The zero-order valence-electron chi connectivity index (χ0n) is 18.9. The second-order valence-electron chi connectivity index (χ2n) is 8.38. The van der Waals surface area contributed by atoms with Gasteiger partial charge in [-0.15, -0.1) is 11.8 Å². The Morgan fingerprint density at radius 1 is 1.09 bits per heavy atom. The first-order chi connectivity index (χ1) is 16.9. The maximum atomic E-state index is 13.1. The number of nitro benzene ring substituents is 1. The van der Waals surface area contributed by atoms with Gasteiger partial charge in [-0.3, -0.25) is 19.7 Å². The molecule has 0 radical (unpaired) electrons. The molecule has 10 nitrogen and oxygen atoms in total. The van der Waals surface area contributed by atoms with E-state index in [9.17, 15) is 24.5 Å². The number of ether oxygens (including phenoxy) is 2. The summed E-state index contributed by atoms with van der Waals surface area (Å²) in [7, 11) is 0. The van der Waals surface area contributed by atoms with Crippen LogP contribution in [0.15, 0.2) is 54.6 Å². The van der Waals surface area contributed by atoms with Gasteiger partial charge in [0.1, 0.15) is 18.0 Å². The van der Waals surface area contributed by atoms with E-state index in [0.29, 0.717) is 31.4 Å². The third-order valence-electron chi connectivity index (χ3n) is 5.93. The zero-order valence-corrected chi connectivity index (χ0v) is 19.7. The highest BCUT2D eigenvalue weighted by Crippen LogP contribution is 2.49. The Labute approximate surface area is 206 Å². The molecule has 2 atom stereocenters. The summed E-state index contributed by atoms with van der Waals surface area (Å²) in [6.45, 7) is 0.713. The fraction of sp³-hybridized carbons (Fsp3) is 0.375. The molecule has 0 bridgehead atoms. The van der Waals surface area contributed by atoms with E-state index in [-0.39, 0.29) is 36.7 Å². The molecule has 11 heteroatoms. The number of carbonyl (C=O) groups is 3. The standard InChI is InChI=1S/C24H25N3O7S/c28-20-13-21-26(20)16-24(35-21,22(29)33-14-18-7-9-19(10-8-18)27(31)32)11-4-12-25-23(30)34-15-17-5-2-1-3-6-17/h1-3,5-10,21H,4,11-16H2,(H,25,30)/t21-,24?/m1/s1. The summed E-state index contributed by atoms with van der Waals surface area (Å²) in [4.78, 5) is 49.0. The Bertz CT molecular complexity index is 1100. The molecule has 184 valence electrons. The van der Waals surface area contributed by atoms with E-state index in [1.165, 1.54) is 23.9 Å². The number of alkyl carbamates (subject to hydrolysis) is 1. The average Bonchev–Trinajstić information content (AvgIpc) is 3.18. The third kappa shape index (κ3) is 5.91. The molecular weight excluding hydrogens is 474 g/mol. The Kier molecular flexibility index (Phi) is 7.54. The van der Waals surface area contributed by atoms with Gasteiger partial charge in [0.05, 0.1) is 16.7 Å². The van der Waals surface area contributed by atoms with Crippen molar-refractivity contribution in [1.82, 2.24) is 10.2 Å². The molecule has 1 unspecified atom stereocenters. The van der Waals surface area contributed by atoms with Crippen LogP contribution >= 0.6 is 11.8 Å². The summed E-state index contributed by atoms with van der Waals surface area (Å²) in [6, 6.07) is 15.1. The molecule has 2 saturated heterocycles. The van der Waals surface area contributed by atoms with Crippen LogP contribution in [0.2, 0.25) is 0 Å². The van der Waals surface area contributed by atoms with Crippen LogP contribution in [0.5, 0.6) is 0 Å². The van der Waals surface area contributed by atoms with Gasteiger partial charge in [0.2, 0.25) is 5.91 Å². The summed E-state index contributed by atoms with van der Waals surface area (Å²) >= 11 is 1.42. The largest absolute Gasteiger partial charge is 0.460 e. The van der Waals surface area contributed by atoms with E-state index >= 15 is 0 Å². The first kappa shape index (κ1) is 24.5. The lowest BCUT2D eigenvalue weighted by Crippen LogP contribution is -2.49. The van der Waals surface area contributed by atoms with Crippen LogP contribution in [-0.4, -0.2) is 51.0 Å². The Morgan fingerprint density at radius 3 is 2.43 bits per heavy atom. The number of hydrogen-bond acceptors (Lipinski definition) is 8. The maximum absolute atomic E-state index is 13.1. The highest BCUT2D eigenvalue weighted by atomic mass is 32.2. The smallest absolute Gasteiger partial charge is 0.407 e. The summed E-state index contributed by atoms with van der Waals surface area (Å²) in [5, 5.41) is 13.5. The molecule has 0 spiro atoms. The first-order valence-corrected chi connectivity index (χ1v) is 12.1. The van der Waals surface area contributed by atoms with Crippen LogP contribution in [0.3, 0.4) is 0 Å². The maximum Gasteiger partial charge on any atom is 0.407 e. The van der Waals surface area contributed by atoms with Crippen molar-refractivity contribution in [3.8, 4) is 0 Å². The second-order valence-corrected chi connectivity index (χ2v) is 9.95. The highest BCUT2D eigenvalue weighted by Gasteiger charge is 2.56. The predicted molar refractivity (Wildman–Crippen MR) is 127 cm³/mol. The van der Waals surface area contributed by atoms with Crippen molar-refractivity contribution in [1.29, 1.82) is 0 Å². The van der Waals surface area contributed by atoms with Crippen molar-refractivity contribution in [2.24, 2.45) is 0 Å². The van der Waals surface area contributed by atoms with E-state index in [0.717, 1.165) is 5.56 Å². The third-order valence-corrected chi connectivity index (χ3v) is 7.58. The van der Waals surface area contributed by atoms with Gasteiger partial charge in [0, 0.05) is 25.2 Å². The summed E-state index contributed by atoms with van der Waals surface area (Å²) < 4.78 is 9.84. The zero-order chi connectivity index (χ0) is 24.8. The van der Waals surface area contributed by atoms with Gasteiger partial charge in [-0.25, -0.2) is 4.79 Å². The van der Waals surface area contributed by atoms with Crippen molar-refractivity contribution >= 4 is 35.4 Å². The number of nitrogens with one attached hydrogen (secondary N) is 1. The molecule has 35 heavy (non-hydrogen) atoms. The number of rotatable bonds is 10. The summed E-state index contributed by atoms with van der Waals surface area (Å²) in [5.41, 5.74) is 1.47. The molecule has 2 aliphatic rings. The Hall–Kier alpha value is -3.60. The topological polar surface area (TPSA) is 128 Å². The first-order valence-electron chi connectivity index (χ1n) is 11.2. The lowest BCUT2D eigenvalue weighted by atomic mass is 10.00. The van der Waals surface area contributed by atoms with E-state index < -0.39 is 21.7 Å². The quantitative estimate of drug-likeness (QED) is 0.173. The number of nitro groups is 1. The number of thioether (sulfide) groups is 1. The highest BCUT2D eigenvalue weighted by molar-refractivity contribution is 8.02. The van der Waals surface area contributed by atoms with Gasteiger partial charge in [-0.05, 0) is 36.1 Å². The van der Waals surface area contributed by atoms with Gasteiger partial charge in [0.15, 0.2) is 0 Å². The number of nitrogens with zero attached hydrogens (tertiary/aromatic N) is 2. The van der Waals surface area contributed by atoms with Crippen molar-refractivity contribution in [3.63, 3.8) is 0 Å². The van der Waals surface area contributed by atoms with Crippen molar-refractivity contribution in [2.45, 2.75) is 42.6 Å². The number of benzene rings is 2. The van der Waals surface area contributed by atoms with Gasteiger partial charge in [-0.2, -0.15) is 0 Å². The number of β-lactam (4-membered cyclic amide) rings is 1. The van der Waals surface area contributed by atoms with Crippen LogP contribution in [-0.2, 0) is 32.3 Å². The molecule has 0 aliphatic carbocycles. The van der Waals surface area contributed by atoms with E-state index in [2.05, 4.69) is 5.32 Å². The minimum absolute atomic E-state index is 0.00941.